The first-order valence-corrected chi connectivity index (χ1v) is 10.9. The fourth-order valence-electron chi connectivity index (χ4n) is 4.64. The van der Waals surface area contributed by atoms with Gasteiger partial charge in [-0.3, -0.25) is 14.5 Å². The van der Waals surface area contributed by atoms with Crippen molar-refractivity contribution in [2.75, 3.05) is 26.3 Å². The van der Waals surface area contributed by atoms with Crippen molar-refractivity contribution in [3.8, 4) is 11.3 Å². The van der Waals surface area contributed by atoms with Crippen LogP contribution in [0.1, 0.15) is 49.8 Å². The molecule has 0 aromatic carbocycles. The van der Waals surface area contributed by atoms with E-state index in [0.717, 1.165) is 66.8 Å². The van der Waals surface area contributed by atoms with Gasteiger partial charge in [0, 0.05) is 42.8 Å². The minimum Gasteiger partial charge on any atom is -0.377 e. The average Bonchev–Trinajstić information content (AvgIpc) is 3.33. The van der Waals surface area contributed by atoms with Crippen molar-refractivity contribution < 1.29 is 14.1 Å². The van der Waals surface area contributed by atoms with E-state index in [9.17, 15) is 4.79 Å². The monoisotopic (exact) mass is 407 g/mol. The second-order valence-electron chi connectivity index (χ2n) is 8.75. The number of fused-ring (bicyclic) bond motifs is 1. The van der Waals surface area contributed by atoms with Crippen molar-refractivity contribution in [2.45, 2.75) is 44.1 Å². The van der Waals surface area contributed by atoms with E-state index in [2.05, 4.69) is 21.3 Å². The number of rotatable bonds is 4. The van der Waals surface area contributed by atoms with Gasteiger partial charge in [-0.2, -0.15) is 5.10 Å². The summed E-state index contributed by atoms with van der Waals surface area (Å²) in [5.41, 5.74) is 3.73. The molecule has 2 aliphatic heterocycles. The van der Waals surface area contributed by atoms with Crippen LogP contribution in [-0.2, 0) is 9.53 Å². The number of piperidine rings is 1. The average molecular weight is 407 g/mol. The van der Waals surface area contributed by atoms with Crippen molar-refractivity contribution in [3.63, 3.8) is 0 Å². The molecule has 8 nitrogen and oxygen atoms in total. The van der Waals surface area contributed by atoms with Gasteiger partial charge in [0.2, 0.25) is 5.91 Å². The van der Waals surface area contributed by atoms with Crippen LogP contribution in [0.25, 0.3) is 22.4 Å². The van der Waals surface area contributed by atoms with Crippen LogP contribution < -0.4 is 0 Å². The Kier molecular flexibility index (Phi) is 4.33. The Morgan fingerprint density at radius 1 is 1.07 bits per heavy atom. The second-order valence-corrected chi connectivity index (χ2v) is 8.75. The van der Waals surface area contributed by atoms with Gasteiger partial charge in [-0.25, -0.2) is 0 Å². The normalized spacial score (nSPS) is 21.0. The summed E-state index contributed by atoms with van der Waals surface area (Å²) in [6, 6.07) is 4.37. The number of amides is 1. The van der Waals surface area contributed by atoms with Crippen molar-refractivity contribution in [1.29, 1.82) is 0 Å². The van der Waals surface area contributed by atoms with Gasteiger partial charge < -0.3 is 14.2 Å². The Morgan fingerprint density at radius 3 is 2.60 bits per heavy atom. The zero-order valence-corrected chi connectivity index (χ0v) is 16.9. The van der Waals surface area contributed by atoms with E-state index >= 15 is 0 Å². The third-order valence-electron chi connectivity index (χ3n) is 6.91. The van der Waals surface area contributed by atoms with Crippen LogP contribution in [0.3, 0.4) is 0 Å². The Labute approximate surface area is 174 Å². The molecule has 0 radical (unpaired) electrons. The number of hydrogen-bond donors (Lipinski definition) is 0. The number of carbonyl (C=O) groups is 1. The molecule has 0 unspecified atom stereocenters. The fraction of sp³-hybridized carbons (Fsp3) is 0.545. The Hall–Kier alpha value is -2.74. The lowest BCUT2D eigenvalue weighted by Crippen LogP contribution is -2.43. The number of ether oxygens (including phenoxy) is 1. The van der Waals surface area contributed by atoms with E-state index < -0.39 is 0 Å². The highest BCUT2D eigenvalue weighted by molar-refractivity contribution is 5.80. The lowest BCUT2D eigenvalue weighted by atomic mass is 9.83. The van der Waals surface area contributed by atoms with Crippen LogP contribution in [0.4, 0.5) is 0 Å². The van der Waals surface area contributed by atoms with Crippen molar-refractivity contribution in [1.82, 2.24) is 24.8 Å². The van der Waals surface area contributed by atoms with Gasteiger partial charge in [-0.15, -0.1) is 0 Å². The summed E-state index contributed by atoms with van der Waals surface area (Å²) in [6.07, 6.45) is 8.82. The molecule has 1 amide bonds. The second kappa shape index (κ2) is 7.19. The van der Waals surface area contributed by atoms with Crippen molar-refractivity contribution in [3.05, 3.63) is 30.2 Å². The molecule has 3 aromatic rings. The highest BCUT2D eigenvalue weighted by atomic mass is 16.5. The molecule has 156 valence electrons. The molecule has 0 N–H and O–H groups in total. The highest BCUT2D eigenvalue weighted by Gasteiger charge is 2.32. The zero-order valence-electron chi connectivity index (χ0n) is 16.9. The third-order valence-corrected chi connectivity index (χ3v) is 6.91. The molecule has 0 spiro atoms. The maximum Gasteiger partial charge on any atom is 0.225 e. The number of nitrogens with zero attached hydrogens (tertiary/aromatic N) is 5. The first-order chi connectivity index (χ1) is 14.8. The molecule has 2 saturated heterocycles. The molecule has 1 aliphatic carbocycles. The van der Waals surface area contributed by atoms with Crippen molar-refractivity contribution >= 4 is 16.9 Å². The Bertz CT molecular complexity index is 1070. The predicted molar refractivity (Wildman–Crippen MR) is 109 cm³/mol. The van der Waals surface area contributed by atoms with Gasteiger partial charge in [0.1, 0.15) is 5.52 Å². The summed E-state index contributed by atoms with van der Waals surface area (Å²) >= 11 is 0. The summed E-state index contributed by atoms with van der Waals surface area (Å²) in [7, 11) is 0. The van der Waals surface area contributed by atoms with Crippen LogP contribution in [0.15, 0.2) is 29.0 Å². The standard InChI is InChI=1S/C22H25N5O3/c28-22(15-2-1-3-15)26-6-4-14(5-7-26)18-9-21(30-25-18)16-8-20-19(23-10-16)11-24-27(20)17-12-29-13-17/h8-11,14-15,17H,1-7,12-13H2. The summed E-state index contributed by atoms with van der Waals surface area (Å²) in [6.45, 7) is 3.02. The highest BCUT2D eigenvalue weighted by Crippen LogP contribution is 2.34. The van der Waals surface area contributed by atoms with E-state index in [1.54, 1.807) is 6.20 Å². The smallest absolute Gasteiger partial charge is 0.225 e. The number of carbonyl (C=O) groups excluding carboxylic acids is 1. The molecular weight excluding hydrogens is 382 g/mol. The fourth-order valence-corrected chi connectivity index (χ4v) is 4.64. The van der Waals surface area contributed by atoms with Gasteiger partial charge in [0.25, 0.3) is 0 Å². The van der Waals surface area contributed by atoms with Gasteiger partial charge >= 0.3 is 0 Å². The minimum atomic E-state index is 0.276. The van der Waals surface area contributed by atoms with Gasteiger partial charge in [-0.05, 0) is 31.7 Å². The van der Waals surface area contributed by atoms with Crippen LogP contribution in [0.5, 0.6) is 0 Å². The van der Waals surface area contributed by atoms with Crippen LogP contribution in [0, 0.1) is 5.92 Å². The molecule has 0 atom stereocenters. The number of aromatic nitrogens is 4. The summed E-state index contributed by atoms with van der Waals surface area (Å²) < 4.78 is 13.0. The molecule has 3 aliphatic rings. The molecule has 30 heavy (non-hydrogen) atoms. The SMILES string of the molecule is O=C(C1CCC1)N1CCC(c2cc(-c3cnc4cnn(C5COC5)c4c3)on2)CC1. The lowest BCUT2D eigenvalue weighted by molar-refractivity contribution is -0.139. The molecule has 5 heterocycles. The van der Waals surface area contributed by atoms with Gasteiger partial charge in [0.05, 0.1) is 36.7 Å². The maximum absolute atomic E-state index is 12.5. The largest absolute Gasteiger partial charge is 0.377 e. The number of hydrogen-bond acceptors (Lipinski definition) is 6. The minimum absolute atomic E-state index is 0.276. The van der Waals surface area contributed by atoms with Gasteiger partial charge in [0.15, 0.2) is 5.76 Å². The first-order valence-electron chi connectivity index (χ1n) is 10.9. The van der Waals surface area contributed by atoms with Crippen LogP contribution in [-0.4, -0.2) is 57.0 Å². The summed E-state index contributed by atoms with van der Waals surface area (Å²) in [5.74, 6) is 1.70. The Morgan fingerprint density at radius 2 is 1.90 bits per heavy atom. The van der Waals surface area contributed by atoms with Crippen LogP contribution >= 0.6 is 0 Å². The Balaban J connectivity index is 1.17. The van der Waals surface area contributed by atoms with Crippen LogP contribution in [0.2, 0.25) is 0 Å². The lowest BCUT2D eigenvalue weighted by Gasteiger charge is -2.36. The van der Waals surface area contributed by atoms with E-state index in [1.807, 2.05) is 21.8 Å². The first kappa shape index (κ1) is 18.1. The van der Waals surface area contributed by atoms with Gasteiger partial charge in [-0.1, -0.05) is 11.6 Å². The van der Waals surface area contributed by atoms with E-state index in [0.29, 0.717) is 25.0 Å². The molecule has 6 rings (SSSR count). The van der Waals surface area contributed by atoms with E-state index in [4.69, 9.17) is 9.26 Å². The van der Waals surface area contributed by atoms with Crippen molar-refractivity contribution in [2.24, 2.45) is 5.92 Å². The topological polar surface area (TPSA) is 86.3 Å². The third kappa shape index (κ3) is 3.01. The quantitative estimate of drug-likeness (QED) is 0.660. The summed E-state index contributed by atoms with van der Waals surface area (Å²) in [4.78, 5) is 19.1. The maximum atomic E-state index is 12.5. The molecule has 8 heteroatoms. The number of pyridine rings is 1. The molecule has 3 aromatic heterocycles. The predicted octanol–water partition coefficient (Wildman–Crippen LogP) is 3.16. The molecule has 3 fully saturated rings. The zero-order chi connectivity index (χ0) is 20.1. The molecular formula is C22H25N5O3. The summed E-state index contributed by atoms with van der Waals surface area (Å²) in [5, 5.41) is 8.82. The molecule has 1 saturated carbocycles. The number of likely N-dealkylation sites (tertiary alicyclic amines) is 1. The molecule has 0 bridgehead atoms. The van der Waals surface area contributed by atoms with E-state index in [-0.39, 0.29) is 12.0 Å². The van der Waals surface area contributed by atoms with E-state index in [1.165, 1.54) is 6.42 Å².